The van der Waals surface area contributed by atoms with Crippen LogP contribution in [0.1, 0.15) is 33.1 Å². The van der Waals surface area contributed by atoms with E-state index in [2.05, 4.69) is 13.8 Å². The minimum atomic E-state index is -0.0590. The summed E-state index contributed by atoms with van der Waals surface area (Å²) >= 11 is 0. The molecule has 0 spiro atoms. The van der Waals surface area contributed by atoms with Crippen molar-refractivity contribution in [2.24, 2.45) is 22.2 Å². The van der Waals surface area contributed by atoms with Gasteiger partial charge in [0.05, 0.1) is 12.5 Å². The lowest BCUT2D eigenvalue weighted by molar-refractivity contribution is -0.337. The maximum Gasteiger partial charge on any atom is 0.312 e. The van der Waals surface area contributed by atoms with Gasteiger partial charge < -0.3 is 4.74 Å². The molecular formula is C11H16O2. The van der Waals surface area contributed by atoms with Gasteiger partial charge in [-0.05, 0) is 36.0 Å². The van der Waals surface area contributed by atoms with Gasteiger partial charge in [0.25, 0.3) is 0 Å². The summed E-state index contributed by atoms with van der Waals surface area (Å²) in [4.78, 5) is 11.7. The number of carbonyl (C=O) groups excluding carboxylic acids is 1. The minimum absolute atomic E-state index is 0.0567. The van der Waals surface area contributed by atoms with Crippen LogP contribution in [0.3, 0.4) is 0 Å². The summed E-state index contributed by atoms with van der Waals surface area (Å²) < 4.78 is 4.95. The largest absolute Gasteiger partial charge is 0.469 e. The van der Waals surface area contributed by atoms with Crippen molar-refractivity contribution in [2.75, 3.05) is 7.11 Å². The van der Waals surface area contributed by atoms with Crippen LogP contribution in [0.25, 0.3) is 0 Å². The van der Waals surface area contributed by atoms with Crippen molar-refractivity contribution in [1.29, 1.82) is 0 Å². The number of hydrogen-bond acceptors (Lipinski definition) is 2. The van der Waals surface area contributed by atoms with Crippen molar-refractivity contribution in [1.82, 2.24) is 0 Å². The number of carbonyl (C=O) groups is 1. The summed E-state index contributed by atoms with van der Waals surface area (Å²) in [6, 6.07) is 0. The highest BCUT2D eigenvalue weighted by molar-refractivity contribution is 5.84. The molecule has 2 nitrogen and oxygen atoms in total. The van der Waals surface area contributed by atoms with E-state index in [4.69, 9.17) is 4.74 Å². The zero-order valence-corrected chi connectivity index (χ0v) is 8.52. The maximum absolute atomic E-state index is 11.7. The quantitative estimate of drug-likeness (QED) is 0.577. The molecule has 0 amide bonds. The standard InChI is InChI=1S/C11H16O2/c1-9-6-11(8(12)13-3)7(9)4-5-10(9,11)2/h7H,4-6H2,1-3H3. The summed E-state index contributed by atoms with van der Waals surface area (Å²) in [5.41, 5.74) is 0.690. The van der Waals surface area contributed by atoms with Gasteiger partial charge in [0.15, 0.2) is 0 Å². The number of ether oxygens (including phenoxy) is 1. The highest BCUT2D eigenvalue weighted by Crippen LogP contribution is 2.93. The van der Waals surface area contributed by atoms with E-state index in [-0.39, 0.29) is 16.8 Å². The smallest absolute Gasteiger partial charge is 0.312 e. The molecule has 72 valence electrons. The Hall–Kier alpha value is -0.530. The van der Waals surface area contributed by atoms with E-state index < -0.39 is 0 Å². The Morgan fingerprint density at radius 2 is 2.15 bits per heavy atom. The second-order valence-corrected chi connectivity index (χ2v) is 5.48. The molecule has 0 aromatic carbocycles. The van der Waals surface area contributed by atoms with E-state index >= 15 is 0 Å². The number of methoxy groups -OCH3 is 1. The van der Waals surface area contributed by atoms with Crippen molar-refractivity contribution >= 4 is 5.97 Å². The summed E-state index contributed by atoms with van der Waals surface area (Å²) in [5, 5.41) is 0. The van der Waals surface area contributed by atoms with Crippen molar-refractivity contribution in [2.45, 2.75) is 33.1 Å². The maximum atomic E-state index is 11.7. The van der Waals surface area contributed by atoms with Crippen LogP contribution in [0.2, 0.25) is 0 Å². The molecule has 0 radical (unpaired) electrons. The lowest BCUT2D eigenvalue weighted by Crippen LogP contribution is -2.80. The van der Waals surface area contributed by atoms with Gasteiger partial charge in [-0.15, -0.1) is 0 Å². The fraction of sp³-hybridized carbons (Fsp3) is 0.909. The first kappa shape index (κ1) is 7.84. The van der Waals surface area contributed by atoms with Crippen molar-refractivity contribution in [3.8, 4) is 0 Å². The van der Waals surface area contributed by atoms with Gasteiger partial charge in [-0.25, -0.2) is 0 Å². The van der Waals surface area contributed by atoms with Gasteiger partial charge in [0, 0.05) is 0 Å². The first-order valence-corrected chi connectivity index (χ1v) is 5.11. The molecule has 0 aliphatic heterocycles. The number of hydrogen-bond donors (Lipinski definition) is 0. The van der Waals surface area contributed by atoms with Crippen molar-refractivity contribution in [3.05, 3.63) is 0 Å². The highest BCUT2D eigenvalue weighted by atomic mass is 16.5. The topological polar surface area (TPSA) is 26.3 Å². The zero-order valence-electron chi connectivity index (χ0n) is 8.52. The van der Waals surface area contributed by atoms with E-state index in [0.29, 0.717) is 11.3 Å². The second kappa shape index (κ2) is 1.67. The highest BCUT2D eigenvalue weighted by Gasteiger charge is 2.92. The molecule has 0 aromatic rings. The molecule has 0 N–H and O–H groups in total. The molecule has 2 heteroatoms. The fourth-order valence-electron chi connectivity index (χ4n) is 4.85. The molecule has 5 rings (SSSR count). The Morgan fingerprint density at radius 1 is 1.46 bits per heavy atom. The van der Waals surface area contributed by atoms with Gasteiger partial charge in [-0.1, -0.05) is 13.8 Å². The predicted octanol–water partition coefficient (Wildman–Crippen LogP) is 1.99. The van der Waals surface area contributed by atoms with Crippen molar-refractivity contribution < 1.29 is 9.53 Å². The van der Waals surface area contributed by atoms with Crippen LogP contribution in [0.15, 0.2) is 0 Å². The molecule has 0 saturated heterocycles. The molecule has 4 unspecified atom stereocenters. The van der Waals surface area contributed by atoms with Crippen LogP contribution < -0.4 is 0 Å². The monoisotopic (exact) mass is 180 g/mol. The SMILES string of the molecule is COC(=O)C12CC3(C)C1CCC32C. The Bertz CT molecular complexity index is 311. The van der Waals surface area contributed by atoms with Gasteiger partial charge >= 0.3 is 5.97 Å². The zero-order chi connectivity index (χ0) is 9.48. The first-order chi connectivity index (χ1) is 6.03. The third-order valence-electron chi connectivity index (χ3n) is 5.74. The van der Waals surface area contributed by atoms with Gasteiger partial charge in [-0.2, -0.15) is 0 Å². The van der Waals surface area contributed by atoms with Crippen LogP contribution >= 0.6 is 0 Å². The van der Waals surface area contributed by atoms with Crippen LogP contribution in [0.4, 0.5) is 0 Å². The molecule has 0 heterocycles. The number of fused-ring (bicyclic) bond motifs is 1. The Kier molecular flexibility index (Phi) is 1.00. The van der Waals surface area contributed by atoms with Gasteiger partial charge in [0.2, 0.25) is 0 Å². The van der Waals surface area contributed by atoms with E-state index in [9.17, 15) is 4.79 Å². The molecule has 5 fully saturated rings. The summed E-state index contributed by atoms with van der Waals surface area (Å²) in [5.74, 6) is 0.693. The van der Waals surface area contributed by atoms with Crippen LogP contribution in [-0.4, -0.2) is 13.1 Å². The molecule has 13 heavy (non-hydrogen) atoms. The van der Waals surface area contributed by atoms with E-state index in [1.807, 2.05) is 0 Å². The van der Waals surface area contributed by atoms with E-state index in [1.165, 1.54) is 20.0 Å². The average Bonchev–Trinajstić information content (AvgIpc) is 2.48. The van der Waals surface area contributed by atoms with E-state index in [1.54, 1.807) is 0 Å². The van der Waals surface area contributed by atoms with E-state index in [0.717, 1.165) is 6.42 Å². The number of esters is 1. The normalized spacial score (nSPS) is 61.0. The average molecular weight is 180 g/mol. The predicted molar refractivity (Wildman–Crippen MR) is 48.0 cm³/mol. The molecule has 5 saturated carbocycles. The Labute approximate surface area is 78.6 Å². The molecule has 5 aliphatic carbocycles. The van der Waals surface area contributed by atoms with Gasteiger partial charge in [0.1, 0.15) is 0 Å². The van der Waals surface area contributed by atoms with Crippen LogP contribution in [0, 0.1) is 22.2 Å². The molecular weight excluding hydrogens is 164 g/mol. The summed E-state index contributed by atoms with van der Waals surface area (Å²) in [7, 11) is 1.52. The lowest BCUT2D eigenvalue weighted by Gasteiger charge is -2.80. The van der Waals surface area contributed by atoms with Crippen molar-refractivity contribution in [3.63, 3.8) is 0 Å². The summed E-state index contributed by atoms with van der Waals surface area (Å²) in [6.07, 6.45) is 3.54. The third kappa shape index (κ3) is 0.420. The molecule has 4 bridgehead atoms. The number of rotatable bonds is 1. The first-order valence-electron chi connectivity index (χ1n) is 5.11. The Balaban J connectivity index is 2.03. The molecule has 4 atom stereocenters. The summed E-state index contributed by atoms with van der Waals surface area (Å²) in [6.45, 7) is 4.62. The Morgan fingerprint density at radius 3 is 2.54 bits per heavy atom. The lowest BCUT2D eigenvalue weighted by atomic mass is 9.22. The molecule has 0 aromatic heterocycles. The fourth-order valence-corrected chi connectivity index (χ4v) is 4.85. The minimum Gasteiger partial charge on any atom is -0.469 e. The second-order valence-electron chi connectivity index (χ2n) is 5.48. The third-order valence-corrected chi connectivity index (χ3v) is 5.74. The van der Waals surface area contributed by atoms with Crippen LogP contribution in [0.5, 0.6) is 0 Å². The molecule has 5 aliphatic rings. The van der Waals surface area contributed by atoms with Gasteiger partial charge in [-0.3, -0.25) is 4.79 Å². The van der Waals surface area contributed by atoms with Crippen LogP contribution in [-0.2, 0) is 9.53 Å².